The monoisotopic (exact) mass is 507 g/mol. The zero-order valence-electron chi connectivity index (χ0n) is 20.8. The predicted molar refractivity (Wildman–Crippen MR) is 148 cm³/mol. The molecular weight excluding hydrogens is 482 g/mol. The fraction of sp³-hybridized carbons (Fsp3) is 0.167. The van der Waals surface area contributed by atoms with Gasteiger partial charge in [0.15, 0.2) is 11.4 Å². The molecule has 0 spiro atoms. The number of furan rings is 1. The van der Waals surface area contributed by atoms with Gasteiger partial charge in [-0.3, -0.25) is 4.79 Å². The Morgan fingerprint density at radius 2 is 1.76 bits per heavy atom. The number of fused-ring (bicyclic) bond motifs is 4. The van der Waals surface area contributed by atoms with Gasteiger partial charge in [0.25, 0.3) is 0 Å². The van der Waals surface area contributed by atoms with Crippen molar-refractivity contribution in [3.8, 4) is 5.75 Å². The molecule has 0 N–H and O–H groups in total. The number of carbonyl (C=O) groups excluding carboxylic acids is 1. The second-order valence-corrected chi connectivity index (χ2v) is 9.94. The number of aryl methyl sites for hydroxylation is 1. The Bertz CT molecular complexity index is 1790. The van der Waals surface area contributed by atoms with Crippen LogP contribution in [0.4, 0.5) is 0 Å². The first kappa shape index (κ1) is 23.3. The van der Waals surface area contributed by atoms with Crippen molar-refractivity contribution in [1.29, 1.82) is 0 Å². The van der Waals surface area contributed by atoms with Crippen molar-refractivity contribution in [3.63, 3.8) is 0 Å². The largest absolute Gasteiger partial charge is 0.497 e. The Hall–Kier alpha value is -4.10. The molecule has 6 nitrogen and oxygen atoms in total. The summed E-state index contributed by atoms with van der Waals surface area (Å²) in [4.78, 5) is 23.0. The topological polar surface area (TPSA) is 70.2 Å². The first-order chi connectivity index (χ1) is 18.0. The molecule has 0 atom stereocenters. The number of Topliss-reactive ketones (excluding diaryl/α,β-unsaturated/α-hetero) is 1. The lowest BCUT2D eigenvalue weighted by atomic mass is 10.1. The molecule has 3 aromatic carbocycles. The van der Waals surface area contributed by atoms with Gasteiger partial charge in [0.1, 0.15) is 27.7 Å². The molecule has 0 bridgehead atoms. The second-order valence-electron chi connectivity index (χ2n) is 8.98. The number of benzene rings is 3. The molecule has 0 amide bonds. The van der Waals surface area contributed by atoms with Crippen molar-refractivity contribution in [1.82, 2.24) is 14.5 Å². The lowest BCUT2D eigenvalue weighted by Crippen LogP contribution is -2.07. The van der Waals surface area contributed by atoms with Gasteiger partial charge in [-0.2, -0.15) is 0 Å². The smallest absolute Gasteiger partial charge is 0.186 e. The van der Waals surface area contributed by atoms with E-state index in [0.29, 0.717) is 28.5 Å². The van der Waals surface area contributed by atoms with Crippen LogP contribution in [0.15, 0.2) is 82.2 Å². The number of hydrogen-bond donors (Lipinski definition) is 0. The van der Waals surface area contributed by atoms with Crippen LogP contribution in [0.2, 0.25) is 0 Å². The highest BCUT2D eigenvalue weighted by molar-refractivity contribution is 8.00. The molecule has 184 valence electrons. The minimum atomic E-state index is 0.0353. The van der Waals surface area contributed by atoms with Gasteiger partial charge in [-0.15, -0.1) is 0 Å². The van der Waals surface area contributed by atoms with Crippen molar-refractivity contribution < 1.29 is 13.9 Å². The van der Waals surface area contributed by atoms with Crippen LogP contribution in [0, 0.1) is 13.8 Å². The number of thioether (sulfide) groups is 1. The van der Waals surface area contributed by atoms with Crippen molar-refractivity contribution in [2.75, 3.05) is 12.9 Å². The van der Waals surface area contributed by atoms with Crippen LogP contribution in [-0.2, 0) is 6.54 Å². The van der Waals surface area contributed by atoms with Gasteiger partial charge in [-0.1, -0.05) is 54.2 Å². The van der Waals surface area contributed by atoms with E-state index in [9.17, 15) is 4.79 Å². The molecule has 0 unspecified atom stereocenters. The molecule has 0 radical (unpaired) electrons. The van der Waals surface area contributed by atoms with Gasteiger partial charge in [0.05, 0.1) is 12.9 Å². The Kier molecular flexibility index (Phi) is 5.93. The number of nitrogens with zero attached hydrogens (tertiary/aromatic N) is 3. The maximum absolute atomic E-state index is 13.8. The van der Waals surface area contributed by atoms with Gasteiger partial charge < -0.3 is 13.7 Å². The SMILES string of the molecule is COc1ccc2c(c1)c(C(=O)CSc1nc(C)nc3c1oc1ccccc13)c(C)n2Cc1ccccc1. The minimum Gasteiger partial charge on any atom is -0.497 e. The Balaban J connectivity index is 1.38. The molecule has 0 saturated carbocycles. The minimum absolute atomic E-state index is 0.0353. The number of rotatable bonds is 7. The third-order valence-corrected chi connectivity index (χ3v) is 7.59. The van der Waals surface area contributed by atoms with E-state index in [4.69, 9.17) is 9.15 Å². The number of ketones is 1. The van der Waals surface area contributed by atoms with Crippen LogP contribution in [0.1, 0.15) is 27.4 Å². The first-order valence-electron chi connectivity index (χ1n) is 12.1. The van der Waals surface area contributed by atoms with E-state index in [1.165, 1.54) is 17.3 Å². The molecule has 0 fully saturated rings. The summed E-state index contributed by atoms with van der Waals surface area (Å²) in [5.74, 6) is 1.63. The number of ether oxygens (including phenoxy) is 1. The van der Waals surface area contributed by atoms with Crippen LogP contribution in [-0.4, -0.2) is 33.2 Å². The van der Waals surface area contributed by atoms with E-state index in [-0.39, 0.29) is 11.5 Å². The van der Waals surface area contributed by atoms with E-state index in [2.05, 4.69) is 26.7 Å². The quantitative estimate of drug-likeness (QED) is 0.132. The number of aromatic nitrogens is 3. The Morgan fingerprint density at radius 3 is 2.57 bits per heavy atom. The van der Waals surface area contributed by atoms with Crippen molar-refractivity contribution in [2.24, 2.45) is 0 Å². The summed E-state index contributed by atoms with van der Waals surface area (Å²) >= 11 is 1.39. The normalized spacial score (nSPS) is 11.5. The van der Waals surface area contributed by atoms with E-state index in [1.807, 2.05) is 74.5 Å². The fourth-order valence-corrected chi connectivity index (χ4v) is 5.76. The Labute approximate surface area is 218 Å². The Morgan fingerprint density at radius 1 is 0.973 bits per heavy atom. The third kappa shape index (κ3) is 4.15. The van der Waals surface area contributed by atoms with Gasteiger partial charge in [0.2, 0.25) is 0 Å². The van der Waals surface area contributed by atoms with Gasteiger partial charge in [-0.25, -0.2) is 9.97 Å². The third-order valence-electron chi connectivity index (χ3n) is 6.63. The van der Waals surface area contributed by atoms with Crippen LogP contribution in [0.25, 0.3) is 33.0 Å². The summed E-state index contributed by atoms with van der Waals surface area (Å²) in [6.07, 6.45) is 0. The molecule has 0 aliphatic rings. The maximum atomic E-state index is 13.8. The van der Waals surface area contributed by atoms with E-state index < -0.39 is 0 Å². The number of methoxy groups -OCH3 is 1. The van der Waals surface area contributed by atoms with E-state index in [0.717, 1.165) is 38.8 Å². The summed E-state index contributed by atoms with van der Waals surface area (Å²) in [7, 11) is 1.64. The molecule has 6 rings (SSSR count). The molecule has 3 aromatic heterocycles. The lowest BCUT2D eigenvalue weighted by molar-refractivity contribution is 0.102. The average Bonchev–Trinajstić information content (AvgIpc) is 3.42. The molecule has 6 aromatic rings. The van der Waals surface area contributed by atoms with Gasteiger partial charge >= 0.3 is 0 Å². The lowest BCUT2D eigenvalue weighted by Gasteiger charge is -2.09. The number of carbonyl (C=O) groups is 1. The molecular formula is C30H25N3O3S. The zero-order chi connectivity index (χ0) is 25.5. The fourth-order valence-electron chi connectivity index (χ4n) is 4.89. The summed E-state index contributed by atoms with van der Waals surface area (Å²) in [5, 5.41) is 2.52. The summed E-state index contributed by atoms with van der Waals surface area (Å²) in [6, 6.07) is 24.0. The number of hydrogen-bond acceptors (Lipinski definition) is 6. The van der Waals surface area contributed by atoms with Crippen molar-refractivity contribution in [3.05, 3.63) is 95.4 Å². The second kappa shape index (κ2) is 9.41. The first-order valence-corrected chi connectivity index (χ1v) is 13.0. The predicted octanol–water partition coefficient (Wildman–Crippen LogP) is 6.98. The standard InChI is InChI=1S/C30H25N3O3S/c1-18-27(23-15-21(35-3)13-14-24(23)33(18)16-20-9-5-4-6-10-20)25(34)17-37-30-29-28(31-19(2)32-30)22-11-7-8-12-26(22)36-29/h4-15H,16-17H2,1-3H3. The maximum Gasteiger partial charge on any atom is 0.186 e. The van der Waals surface area contributed by atoms with Crippen molar-refractivity contribution in [2.45, 2.75) is 25.4 Å². The zero-order valence-corrected chi connectivity index (χ0v) is 21.6. The average molecular weight is 508 g/mol. The molecule has 3 heterocycles. The van der Waals surface area contributed by atoms with Crippen LogP contribution in [0.3, 0.4) is 0 Å². The molecule has 7 heteroatoms. The van der Waals surface area contributed by atoms with E-state index in [1.54, 1.807) is 7.11 Å². The molecule has 0 aliphatic carbocycles. The van der Waals surface area contributed by atoms with Crippen molar-refractivity contribution >= 4 is 50.5 Å². The summed E-state index contributed by atoms with van der Waals surface area (Å²) < 4.78 is 13.8. The number of para-hydroxylation sites is 1. The highest BCUT2D eigenvalue weighted by Gasteiger charge is 2.22. The highest BCUT2D eigenvalue weighted by Crippen LogP contribution is 2.35. The van der Waals surface area contributed by atoms with Crippen LogP contribution in [0.5, 0.6) is 5.75 Å². The van der Waals surface area contributed by atoms with Crippen LogP contribution >= 0.6 is 11.8 Å². The van der Waals surface area contributed by atoms with Crippen LogP contribution < -0.4 is 4.74 Å². The molecule has 37 heavy (non-hydrogen) atoms. The summed E-state index contributed by atoms with van der Waals surface area (Å²) in [6.45, 7) is 4.56. The van der Waals surface area contributed by atoms with E-state index >= 15 is 0 Å². The molecule has 0 aliphatic heterocycles. The molecule has 0 saturated heterocycles. The highest BCUT2D eigenvalue weighted by atomic mass is 32.2. The van der Waals surface area contributed by atoms with Gasteiger partial charge in [-0.05, 0) is 49.7 Å². The summed E-state index contributed by atoms with van der Waals surface area (Å²) in [5.41, 5.74) is 5.99. The van der Waals surface area contributed by atoms with Gasteiger partial charge in [0, 0.05) is 34.1 Å².